The number of nitrogens with one attached hydrogen (secondary N) is 2. The fraction of sp³-hybridized carbons (Fsp3) is 0.229. The minimum absolute atomic E-state index is 0.0678. The van der Waals surface area contributed by atoms with Crippen molar-refractivity contribution in [2.75, 3.05) is 23.8 Å². The summed E-state index contributed by atoms with van der Waals surface area (Å²) in [5.74, 6) is 3.53. The number of benzene rings is 2. The minimum atomic E-state index is -0.564. The Bertz CT molecular complexity index is 3170. The maximum Gasteiger partial charge on any atom is 0.222 e. The van der Waals surface area contributed by atoms with E-state index in [9.17, 15) is 4.39 Å². The number of imidazole rings is 2. The smallest absolute Gasteiger partial charge is 0.222 e. The average Bonchev–Trinajstić information content (AvgIpc) is 3.99. The number of terminal acetylenes is 1. The molecule has 2 unspecified atom stereocenters. The Morgan fingerprint density at radius 3 is 1.95 bits per heavy atom. The van der Waals surface area contributed by atoms with Gasteiger partial charge in [-0.25, -0.2) is 44.9 Å². The number of nitrogens with zero attached hydrogens (tertiary/aromatic N) is 11. The van der Waals surface area contributed by atoms with E-state index < -0.39 is 5.95 Å². The number of rotatable bonds is 8. The van der Waals surface area contributed by atoms with Gasteiger partial charge in [0.1, 0.15) is 59.2 Å². The highest BCUT2D eigenvalue weighted by molar-refractivity contribution is 6.04. The van der Waals surface area contributed by atoms with Gasteiger partial charge in [0.05, 0.1) is 23.9 Å². The molecular formula is C48H42FN13O2. The van der Waals surface area contributed by atoms with Crippen LogP contribution in [-0.4, -0.2) is 67.2 Å². The van der Waals surface area contributed by atoms with Crippen LogP contribution in [-0.2, 0) is 9.47 Å². The van der Waals surface area contributed by atoms with Gasteiger partial charge in [0.2, 0.25) is 5.95 Å². The van der Waals surface area contributed by atoms with Crippen LogP contribution in [0.5, 0.6) is 0 Å². The standard InChI is InChI=1S/C33H28N8O.C15H14FN5O/c1-3-22-8-6-9-23(18-22)39-31-25-13-12-21(2)28(24(25)14-16-35-31)40-32-26(10-7-15-34-32)29-30-33(37-19-36-29)41(20-38-30)27-11-4-5-17-42-27;16-14-10(4-3-6-17-14)12-13-15(19-8-18-12)21(9-20-13)11-5-1-2-7-22-11/h1,6-10,12-16,18-20,27H,4-5,11,17H2,2H3,(H,34,40)(H,35,39);3-4,6,8-9,11H,1-2,5,7H2. The van der Waals surface area contributed by atoms with E-state index in [0.29, 0.717) is 39.4 Å². The van der Waals surface area contributed by atoms with Crippen LogP contribution in [0.4, 0.5) is 27.4 Å². The van der Waals surface area contributed by atoms with Gasteiger partial charge >= 0.3 is 0 Å². The quantitative estimate of drug-likeness (QED) is 0.110. The molecule has 0 amide bonds. The molecule has 2 N–H and O–H groups in total. The third-order valence-electron chi connectivity index (χ3n) is 11.4. The second-order valence-corrected chi connectivity index (χ2v) is 15.5. The summed E-state index contributed by atoms with van der Waals surface area (Å²) in [5, 5.41) is 9.01. The van der Waals surface area contributed by atoms with E-state index >= 15 is 0 Å². The lowest BCUT2D eigenvalue weighted by Gasteiger charge is -2.23. The van der Waals surface area contributed by atoms with Crippen molar-refractivity contribution < 1.29 is 13.9 Å². The van der Waals surface area contributed by atoms with Crippen molar-refractivity contribution in [2.24, 2.45) is 0 Å². The number of hydrogen-bond donors (Lipinski definition) is 2. The number of anilines is 4. The van der Waals surface area contributed by atoms with Crippen molar-refractivity contribution >= 4 is 56.1 Å². The second kappa shape index (κ2) is 17.9. The van der Waals surface area contributed by atoms with Crippen LogP contribution in [0.3, 0.4) is 0 Å². The number of aromatic nitrogens is 11. The lowest BCUT2D eigenvalue weighted by molar-refractivity contribution is -0.0299. The molecule has 15 nitrogen and oxygen atoms in total. The molecule has 64 heavy (non-hydrogen) atoms. The second-order valence-electron chi connectivity index (χ2n) is 15.5. The van der Waals surface area contributed by atoms with Crippen molar-refractivity contribution in [3.63, 3.8) is 0 Å². The molecule has 16 heteroatoms. The van der Waals surface area contributed by atoms with Crippen molar-refractivity contribution in [3.05, 3.63) is 128 Å². The van der Waals surface area contributed by atoms with E-state index in [1.807, 2.05) is 51.6 Å². The third-order valence-corrected chi connectivity index (χ3v) is 11.4. The molecule has 2 fully saturated rings. The molecule has 2 aliphatic rings. The molecule has 0 spiro atoms. The molecule has 318 valence electrons. The van der Waals surface area contributed by atoms with Gasteiger partial charge < -0.3 is 20.1 Å². The van der Waals surface area contributed by atoms with Crippen LogP contribution in [0.1, 0.15) is 62.1 Å². The van der Waals surface area contributed by atoms with Gasteiger partial charge in [-0.05, 0) is 99.5 Å². The number of fused-ring (bicyclic) bond motifs is 3. The minimum Gasteiger partial charge on any atom is -0.358 e. The highest BCUT2D eigenvalue weighted by Gasteiger charge is 2.24. The first kappa shape index (κ1) is 40.3. The zero-order valence-corrected chi connectivity index (χ0v) is 34.9. The third kappa shape index (κ3) is 7.94. The topological polar surface area (TPSA) is 168 Å². The molecule has 0 bridgehead atoms. The van der Waals surface area contributed by atoms with E-state index in [-0.39, 0.29) is 12.5 Å². The highest BCUT2D eigenvalue weighted by atomic mass is 19.1. The van der Waals surface area contributed by atoms with Crippen molar-refractivity contribution in [3.8, 4) is 34.9 Å². The number of hydrogen-bond acceptors (Lipinski definition) is 13. The summed E-state index contributed by atoms with van der Waals surface area (Å²) in [5.41, 5.74) is 8.66. The summed E-state index contributed by atoms with van der Waals surface area (Å²) in [6.07, 6.45) is 23.2. The molecule has 9 aromatic rings. The summed E-state index contributed by atoms with van der Waals surface area (Å²) < 4.78 is 29.6. The molecule has 11 rings (SSSR count). The van der Waals surface area contributed by atoms with Crippen LogP contribution in [0, 0.1) is 25.2 Å². The van der Waals surface area contributed by atoms with Gasteiger partial charge in [-0.15, -0.1) is 6.42 Å². The monoisotopic (exact) mass is 851 g/mol. The molecule has 0 saturated carbocycles. The number of halogens is 1. The SMILES string of the molecule is C#Cc1cccc(Nc2nccc3c(Nc4ncccc4-c4ncnc5c4ncn5C4CCCCO4)c(C)ccc23)c1.Fc1ncccc1-c1ncnc2c1ncn2C1CCCCO1. The Hall–Kier alpha value is -7.74. The van der Waals surface area contributed by atoms with Crippen LogP contribution < -0.4 is 10.6 Å². The van der Waals surface area contributed by atoms with Crippen molar-refractivity contribution in [2.45, 2.75) is 57.9 Å². The fourth-order valence-corrected chi connectivity index (χ4v) is 8.24. The fourth-order valence-electron chi connectivity index (χ4n) is 8.24. The largest absolute Gasteiger partial charge is 0.358 e. The molecule has 2 saturated heterocycles. The first-order chi connectivity index (χ1) is 31.5. The first-order valence-corrected chi connectivity index (χ1v) is 21.2. The zero-order chi connectivity index (χ0) is 43.4. The summed E-state index contributed by atoms with van der Waals surface area (Å²) in [6, 6.07) is 21.1. The molecule has 9 heterocycles. The molecule has 2 aliphatic heterocycles. The molecular weight excluding hydrogens is 810 g/mol. The predicted molar refractivity (Wildman–Crippen MR) is 242 cm³/mol. The Morgan fingerprint density at radius 1 is 0.641 bits per heavy atom. The Balaban J connectivity index is 0.000000184. The van der Waals surface area contributed by atoms with Crippen LogP contribution in [0.2, 0.25) is 0 Å². The van der Waals surface area contributed by atoms with Crippen LogP contribution in [0.15, 0.2) is 111 Å². The van der Waals surface area contributed by atoms with E-state index in [4.69, 9.17) is 25.9 Å². The van der Waals surface area contributed by atoms with E-state index in [0.717, 1.165) is 102 Å². The number of ether oxygens (including phenoxy) is 2. The van der Waals surface area contributed by atoms with Gasteiger partial charge in [-0.3, -0.25) is 9.13 Å². The Kier molecular flexibility index (Phi) is 11.3. The normalized spacial score (nSPS) is 16.3. The summed E-state index contributed by atoms with van der Waals surface area (Å²) >= 11 is 0. The van der Waals surface area contributed by atoms with Crippen molar-refractivity contribution in [1.82, 2.24) is 54.0 Å². The van der Waals surface area contributed by atoms with Gasteiger partial charge in [0, 0.05) is 59.4 Å². The highest BCUT2D eigenvalue weighted by Crippen LogP contribution is 2.38. The summed E-state index contributed by atoms with van der Waals surface area (Å²) in [4.78, 5) is 39.8. The van der Waals surface area contributed by atoms with Crippen LogP contribution in [0.25, 0.3) is 55.6 Å². The average molecular weight is 852 g/mol. The predicted octanol–water partition coefficient (Wildman–Crippen LogP) is 9.64. The molecule has 0 radical (unpaired) electrons. The number of pyridine rings is 3. The summed E-state index contributed by atoms with van der Waals surface area (Å²) in [7, 11) is 0. The van der Waals surface area contributed by atoms with Gasteiger partial charge in [0.15, 0.2) is 11.3 Å². The van der Waals surface area contributed by atoms with Crippen LogP contribution >= 0.6 is 0 Å². The van der Waals surface area contributed by atoms with Gasteiger partial charge in [-0.1, -0.05) is 24.1 Å². The number of aryl methyl sites for hydroxylation is 1. The maximum absolute atomic E-state index is 13.9. The van der Waals surface area contributed by atoms with E-state index in [2.05, 4.69) is 70.5 Å². The molecule has 7 aromatic heterocycles. The maximum atomic E-state index is 13.9. The molecule has 2 aromatic carbocycles. The zero-order valence-electron chi connectivity index (χ0n) is 34.9. The van der Waals surface area contributed by atoms with Gasteiger partial charge in [0.25, 0.3) is 0 Å². The Morgan fingerprint density at radius 2 is 1.30 bits per heavy atom. The van der Waals surface area contributed by atoms with Crippen molar-refractivity contribution in [1.29, 1.82) is 0 Å². The Labute approximate surface area is 367 Å². The lowest BCUT2D eigenvalue weighted by Crippen LogP contribution is -2.17. The van der Waals surface area contributed by atoms with E-state index in [1.54, 1.807) is 43.5 Å². The van der Waals surface area contributed by atoms with Gasteiger partial charge in [-0.2, -0.15) is 4.39 Å². The first-order valence-electron chi connectivity index (χ1n) is 21.2. The molecule has 0 aliphatic carbocycles. The summed E-state index contributed by atoms with van der Waals surface area (Å²) in [6.45, 7) is 3.55. The van der Waals surface area contributed by atoms with E-state index in [1.165, 1.54) is 12.5 Å². The lowest BCUT2D eigenvalue weighted by atomic mass is 10.0. The molecule has 2 atom stereocenters.